The third-order valence-corrected chi connectivity index (χ3v) is 4.63. The van der Waals surface area contributed by atoms with E-state index in [-0.39, 0.29) is 5.43 Å². The maximum absolute atomic E-state index is 12.8. The quantitative estimate of drug-likeness (QED) is 0.918. The number of aromatic nitrogens is 1. The summed E-state index contributed by atoms with van der Waals surface area (Å²) in [6.07, 6.45) is 2.51. The van der Waals surface area contributed by atoms with Crippen molar-refractivity contribution in [1.82, 2.24) is 9.88 Å². The molecule has 21 heavy (non-hydrogen) atoms. The van der Waals surface area contributed by atoms with Crippen LogP contribution >= 0.6 is 11.6 Å². The first-order chi connectivity index (χ1) is 10.0. The van der Waals surface area contributed by atoms with Crippen LogP contribution in [0.1, 0.15) is 31.0 Å². The molecule has 1 saturated heterocycles. The molecule has 0 unspecified atom stereocenters. The summed E-state index contributed by atoms with van der Waals surface area (Å²) in [5, 5.41) is 1.29. The van der Waals surface area contributed by atoms with Crippen LogP contribution in [-0.2, 0) is 6.54 Å². The van der Waals surface area contributed by atoms with Gasteiger partial charge in [-0.05, 0) is 50.4 Å². The highest BCUT2D eigenvalue weighted by Gasteiger charge is 2.19. The molecule has 0 bridgehead atoms. The molecular weight excluding hydrogens is 284 g/mol. The Kier molecular flexibility index (Phi) is 4.05. The van der Waals surface area contributed by atoms with Gasteiger partial charge in [0, 0.05) is 40.3 Å². The first-order valence-electron chi connectivity index (χ1n) is 7.58. The third kappa shape index (κ3) is 2.99. The molecule has 0 amide bonds. The number of aryl methyl sites for hydroxylation is 1. The Morgan fingerprint density at radius 2 is 2.24 bits per heavy atom. The molecule has 2 heterocycles. The second-order valence-electron chi connectivity index (χ2n) is 6.23. The molecule has 1 aliphatic heterocycles. The van der Waals surface area contributed by atoms with Gasteiger partial charge < -0.3 is 4.98 Å². The summed E-state index contributed by atoms with van der Waals surface area (Å²) >= 11 is 6.03. The number of aromatic amines is 1. The van der Waals surface area contributed by atoms with E-state index in [2.05, 4.69) is 16.8 Å². The molecule has 2 aromatic rings. The van der Waals surface area contributed by atoms with E-state index in [4.69, 9.17) is 11.6 Å². The van der Waals surface area contributed by atoms with Crippen molar-refractivity contribution in [3.8, 4) is 0 Å². The molecule has 3 nitrogen and oxygen atoms in total. The van der Waals surface area contributed by atoms with E-state index in [1.54, 1.807) is 6.07 Å². The molecular formula is C17H21ClN2O. The standard InChI is InChI=1S/C17H21ClN2O/c1-11-4-3-7-20(9-11)10-15-12(2)19-16-6-5-13(18)8-14(16)17(15)21/h5-6,8,11H,3-4,7,9-10H2,1-2H3,(H,19,21)/t11-/m1/s1. The van der Waals surface area contributed by atoms with E-state index in [1.165, 1.54) is 12.8 Å². The first kappa shape index (κ1) is 14.6. The van der Waals surface area contributed by atoms with Gasteiger partial charge in [-0.1, -0.05) is 18.5 Å². The van der Waals surface area contributed by atoms with E-state index in [1.807, 2.05) is 19.1 Å². The second-order valence-corrected chi connectivity index (χ2v) is 6.67. The van der Waals surface area contributed by atoms with E-state index < -0.39 is 0 Å². The van der Waals surface area contributed by atoms with Crippen LogP contribution in [0.5, 0.6) is 0 Å². The van der Waals surface area contributed by atoms with Crippen molar-refractivity contribution in [2.24, 2.45) is 5.92 Å². The predicted octanol–water partition coefficient (Wildman–Crippen LogP) is 3.72. The molecule has 1 fully saturated rings. The SMILES string of the molecule is Cc1[nH]c2ccc(Cl)cc2c(=O)c1CN1CCC[C@@H](C)C1. The van der Waals surface area contributed by atoms with Crippen LogP contribution in [0, 0.1) is 12.8 Å². The van der Waals surface area contributed by atoms with E-state index in [9.17, 15) is 4.79 Å². The molecule has 0 radical (unpaired) electrons. The van der Waals surface area contributed by atoms with Gasteiger partial charge in [-0.2, -0.15) is 0 Å². The molecule has 3 rings (SSSR count). The highest BCUT2D eigenvalue weighted by molar-refractivity contribution is 6.31. The Morgan fingerprint density at radius 1 is 1.43 bits per heavy atom. The van der Waals surface area contributed by atoms with Crippen molar-refractivity contribution in [2.45, 2.75) is 33.2 Å². The van der Waals surface area contributed by atoms with Gasteiger partial charge in [-0.15, -0.1) is 0 Å². The topological polar surface area (TPSA) is 36.1 Å². The summed E-state index contributed by atoms with van der Waals surface area (Å²) in [5.74, 6) is 0.716. The van der Waals surface area contributed by atoms with Crippen molar-refractivity contribution >= 4 is 22.5 Å². The lowest BCUT2D eigenvalue weighted by Gasteiger charge is -2.31. The number of nitrogens with zero attached hydrogens (tertiary/aromatic N) is 1. The predicted molar refractivity (Wildman–Crippen MR) is 88.0 cm³/mol. The highest BCUT2D eigenvalue weighted by Crippen LogP contribution is 2.20. The minimum atomic E-state index is 0.113. The Balaban J connectivity index is 2.00. The second kappa shape index (κ2) is 5.82. The van der Waals surface area contributed by atoms with E-state index in [0.29, 0.717) is 16.3 Å². The van der Waals surface area contributed by atoms with Crippen LogP contribution in [0.3, 0.4) is 0 Å². The number of hydrogen-bond acceptors (Lipinski definition) is 2. The number of halogens is 1. The minimum Gasteiger partial charge on any atom is -0.358 e. The summed E-state index contributed by atoms with van der Waals surface area (Å²) in [7, 11) is 0. The molecule has 4 heteroatoms. The Labute approximate surface area is 129 Å². The van der Waals surface area contributed by atoms with Gasteiger partial charge in [-0.3, -0.25) is 9.69 Å². The van der Waals surface area contributed by atoms with Crippen LogP contribution in [0.2, 0.25) is 5.02 Å². The normalized spacial score (nSPS) is 20.0. The lowest BCUT2D eigenvalue weighted by atomic mass is 9.99. The number of H-pyrrole nitrogens is 1. The maximum atomic E-state index is 12.8. The zero-order chi connectivity index (χ0) is 15.0. The Morgan fingerprint density at radius 3 is 3.00 bits per heavy atom. The molecule has 1 aliphatic rings. The minimum absolute atomic E-state index is 0.113. The van der Waals surface area contributed by atoms with Crippen LogP contribution < -0.4 is 5.43 Å². The van der Waals surface area contributed by atoms with Gasteiger partial charge >= 0.3 is 0 Å². The van der Waals surface area contributed by atoms with Gasteiger partial charge in [0.25, 0.3) is 0 Å². The summed E-state index contributed by atoms with van der Waals surface area (Å²) in [5.41, 5.74) is 2.81. The van der Waals surface area contributed by atoms with Crippen molar-refractivity contribution in [3.05, 3.63) is 44.7 Å². The van der Waals surface area contributed by atoms with Gasteiger partial charge in [0.15, 0.2) is 5.43 Å². The summed E-state index contributed by atoms with van der Waals surface area (Å²) < 4.78 is 0. The third-order valence-electron chi connectivity index (χ3n) is 4.40. The molecule has 1 aromatic heterocycles. The number of nitrogens with one attached hydrogen (secondary N) is 1. The van der Waals surface area contributed by atoms with Crippen molar-refractivity contribution in [3.63, 3.8) is 0 Å². The van der Waals surface area contributed by atoms with E-state index in [0.717, 1.165) is 36.4 Å². The fraction of sp³-hybridized carbons (Fsp3) is 0.471. The smallest absolute Gasteiger partial charge is 0.194 e. The van der Waals surface area contributed by atoms with E-state index >= 15 is 0 Å². The number of likely N-dealkylation sites (tertiary alicyclic amines) is 1. The first-order valence-corrected chi connectivity index (χ1v) is 7.96. The summed E-state index contributed by atoms with van der Waals surface area (Å²) in [4.78, 5) is 18.5. The van der Waals surface area contributed by atoms with Gasteiger partial charge in [0.1, 0.15) is 0 Å². The van der Waals surface area contributed by atoms with Crippen molar-refractivity contribution < 1.29 is 0 Å². The number of fused-ring (bicyclic) bond motifs is 1. The van der Waals surface area contributed by atoms with Gasteiger partial charge in [0.05, 0.1) is 0 Å². The zero-order valence-electron chi connectivity index (χ0n) is 12.6. The average molecular weight is 305 g/mol. The summed E-state index contributed by atoms with van der Waals surface area (Å²) in [6.45, 7) is 7.15. The van der Waals surface area contributed by atoms with Crippen LogP contribution in [0.15, 0.2) is 23.0 Å². The number of rotatable bonds is 2. The summed E-state index contributed by atoms with van der Waals surface area (Å²) in [6, 6.07) is 5.45. The fourth-order valence-corrected chi connectivity index (χ4v) is 3.44. The molecule has 1 aromatic carbocycles. The maximum Gasteiger partial charge on any atom is 0.194 e. The zero-order valence-corrected chi connectivity index (χ0v) is 13.3. The van der Waals surface area contributed by atoms with Gasteiger partial charge in [0.2, 0.25) is 0 Å². The monoisotopic (exact) mass is 304 g/mol. The number of hydrogen-bond donors (Lipinski definition) is 1. The molecule has 1 atom stereocenters. The number of piperidine rings is 1. The highest BCUT2D eigenvalue weighted by atomic mass is 35.5. The largest absolute Gasteiger partial charge is 0.358 e. The lowest BCUT2D eigenvalue weighted by molar-refractivity contribution is 0.176. The molecule has 0 saturated carbocycles. The number of pyridine rings is 1. The molecule has 0 aliphatic carbocycles. The lowest BCUT2D eigenvalue weighted by Crippen LogP contribution is -2.35. The Bertz CT molecular complexity index is 723. The molecule has 0 spiro atoms. The van der Waals surface area contributed by atoms with Crippen LogP contribution in [-0.4, -0.2) is 23.0 Å². The van der Waals surface area contributed by atoms with Gasteiger partial charge in [-0.25, -0.2) is 0 Å². The van der Waals surface area contributed by atoms with Crippen molar-refractivity contribution in [2.75, 3.05) is 13.1 Å². The number of benzene rings is 1. The van der Waals surface area contributed by atoms with Crippen LogP contribution in [0.4, 0.5) is 0 Å². The molecule has 112 valence electrons. The molecule has 1 N–H and O–H groups in total. The average Bonchev–Trinajstić information content (AvgIpc) is 2.45. The van der Waals surface area contributed by atoms with Crippen molar-refractivity contribution in [1.29, 1.82) is 0 Å². The Hall–Kier alpha value is -1.32. The van der Waals surface area contributed by atoms with Crippen LogP contribution in [0.25, 0.3) is 10.9 Å². The fourth-order valence-electron chi connectivity index (χ4n) is 3.27.